The Labute approximate surface area is 134 Å². The largest absolute Gasteiger partial charge is 0.370 e. The molecule has 2 rings (SSSR count). The fraction of sp³-hybridized carbons (Fsp3) is 0.400. The van der Waals surface area contributed by atoms with Crippen molar-refractivity contribution in [1.82, 2.24) is 10.6 Å². The molecule has 23 heavy (non-hydrogen) atoms. The van der Waals surface area contributed by atoms with Crippen LogP contribution in [0.5, 0.6) is 0 Å². The predicted molar refractivity (Wildman–Crippen MR) is 88.9 cm³/mol. The Bertz CT molecular complexity index is 603. The Morgan fingerprint density at radius 3 is 2.61 bits per heavy atom. The van der Waals surface area contributed by atoms with Crippen LogP contribution in [0.3, 0.4) is 0 Å². The zero-order chi connectivity index (χ0) is 16.9. The van der Waals surface area contributed by atoms with Gasteiger partial charge < -0.3 is 27.4 Å². The van der Waals surface area contributed by atoms with Crippen molar-refractivity contribution in [3.05, 3.63) is 29.8 Å². The van der Waals surface area contributed by atoms with E-state index in [4.69, 9.17) is 11.5 Å². The van der Waals surface area contributed by atoms with E-state index in [1.807, 2.05) is 24.3 Å². The quantitative estimate of drug-likeness (QED) is 0.197. The zero-order valence-electron chi connectivity index (χ0n) is 13.1. The summed E-state index contributed by atoms with van der Waals surface area (Å²) in [6.07, 6.45) is 0.891. The second kappa shape index (κ2) is 6.99. The molecule has 1 heterocycles. The van der Waals surface area contributed by atoms with Crippen LogP contribution in [0, 0.1) is 0 Å². The third-order valence-electron chi connectivity index (χ3n) is 3.82. The van der Waals surface area contributed by atoms with E-state index in [0.717, 1.165) is 11.3 Å². The molecule has 0 spiro atoms. The minimum absolute atomic E-state index is 0.248. The van der Waals surface area contributed by atoms with Crippen LogP contribution in [0.25, 0.3) is 0 Å². The number of hydrogen-bond donors (Lipinski definition) is 5. The van der Waals surface area contributed by atoms with Crippen molar-refractivity contribution in [3.8, 4) is 0 Å². The van der Waals surface area contributed by atoms with Crippen molar-refractivity contribution in [2.45, 2.75) is 18.4 Å². The van der Waals surface area contributed by atoms with Crippen molar-refractivity contribution in [3.63, 3.8) is 0 Å². The third-order valence-corrected chi connectivity index (χ3v) is 3.82. The summed E-state index contributed by atoms with van der Waals surface area (Å²) in [7, 11) is 1.59. The number of fused-ring (bicyclic) bond motifs is 1. The molecule has 0 aromatic heterocycles. The van der Waals surface area contributed by atoms with Crippen LogP contribution in [0.2, 0.25) is 0 Å². The topological polar surface area (TPSA) is 135 Å². The van der Waals surface area contributed by atoms with Crippen LogP contribution >= 0.6 is 0 Å². The average molecular weight is 318 g/mol. The minimum atomic E-state index is -1.43. The van der Waals surface area contributed by atoms with Gasteiger partial charge in [0, 0.05) is 32.2 Å². The monoisotopic (exact) mass is 318 g/mol. The van der Waals surface area contributed by atoms with Gasteiger partial charge in [0.2, 0.25) is 0 Å². The Morgan fingerprint density at radius 2 is 1.96 bits per heavy atom. The van der Waals surface area contributed by atoms with Gasteiger partial charge in [-0.1, -0.05) is 18.2 Å². The summed E-state index contributed by atoms with van der Waals surface area (Å²) in [6.45, 7) is 0.969. The molecule has 1 unspecified atom stereocenters. The highest BCUT2D eigenvalue weighted by molar-refractivity contribution is 6.13. The first-order chi connectivity index (χ1) is 11.0. The van der Waals surface area contributed by atoms with Gasteiger partial charge in [-0.2, -0.15) is 0 Å². The van der Waals surface area contributed by atoms with Crippen LogP contribution in [-0.2, 0) is 16.0 Å². The number of primary amides is 1. The van der Waals surface area contributed by atoms with Crippen molar-refractivity contribution < 1.29 is 9.59 Å². The van der Waals surface area contributed by atoms with E-state index in [9.17, 15) is 9.59 Å². The van der Waals surface area contributed by atoms with Crippen LogP contribution in [0.15, 0.2) is 29.3 Å². The normalized spacial score (nSPS) is 19.6. The molecule has 0 fully saturated rings. The number of guanidine groups is 1. The van der Waals surface area contributed by atoms with E-state index in [0.29, 0.717) is 25.5 Å². The number of carbonyl (C=O) groups excluding carboxylic acids is 2. The van der Waals surface area contributed by atoms with Crippen LogP contribution < -0.4 is 27.4 Å². The lowest BCUT2D eigenvalue weighted by atomic mass is 9.93. The number of nitrogens with one attached hydrogen (secondary N) is 3. The summed E-state index contributed by atoms with van der Waals surface area (Å²) >= 11 is 0. The molecule has 124 valence electrons. The summed E-state index contributed by atoms with van der Waals surface area (Å²) in [5.41, 5.74) is 11.2. The number of aliphatic imine (C=N–C) groups is 1. The molecule has 1 aliphatic heterocycles. The number of rotatable bonds is 6. The minimum Gasteiger partial charge on any atom is -0.370 e. The Hall–Kier alpha value is -2.77. The number of nitrogens with zero attached hydrogens (tertiary/aromatic N) is 1. The highest BCUT2D eigenvalue weighted by Crippen LogP contribution is 2.32. The molecule has 0 saturated heterocycles. The summed E-state index contributed by atoms with van der Waals surface area (Å²) in [4.78, 5) is 28.2. The molecule has 1 atom stereocenters. The number of carbonyl (C=O) groups is 2. The Morgan fingerprint density at radius 1 is 1.26 bits per heavy atom. The third kappa shape index (κ3) is 3.53. The fourth-order valence-electron chi connectivity index (χ4n) is 2.49. The van der Waals surface area contributed by atoms with Gasteiger partial charge >= 0.3 is 0 Å². The van der Waals surface area contributed by atoms with E-state index in [-0.39, 0.29) is 6.42 Å². The smallest absolute Gasteiger partial charge is 0.255 e. The van der Waals surface area contributed by atoms with Crippen molar-refractivity contribution in [1.29, 1.82) is 0 Å². The van der Waals surface area contributed by atoms with Gasteiger partial charge in [0.1, 0.15) is 0 Å². The molecule has 0 bridgehead atoms. The van der Waals surface area contributed by atoms with Crippen molar-refractivity contribution >= 4 is 23.5 Å². The number of nitrogens with two attached hydrogens (primary N) is 2. The van der Waals surface area contributed by atoms with Crippen LogP contribution in [0.4, 0.5) is 5.69 Å². The first-order valence-electron chi connectivity index (χ1n) is 7.40. The molecular weight excluding hydrogens is 296 g/mol. The predicted octanol–water partition coefficient (Wildman–Crippen LogP) is -1.08. The van der Waals surface area contributed by atoms with Gasteiger partial charge in [-0.15, -0.1) is 0 Å². The standard InChI is InChI=1S/C15H22N6O2/c1-18-14(17)20-8-4-7-19-13(23)15(12(16)22)9-10-5-2-3-6-11(10)21-15/h2-3,5-6,21H,4,7-9H2,1H3,(H2,16,22)(H,19,23)(H3,17,18,20). The number of amides is 2. The molecule has 1 aliphatic rings. The first-order valence-corrected chi connectivity index (χ1v) is 7.40. The zero-order valence-corrected chi connectivity index (χ0v) is 13.1. The maximum absolute atomic E-state index is 12.5. The van der Waals surface area contributed by atoms with Crippen LogP contribution in [-0.4, -0.2) is 43.5 Å². The second-order valence-electron chi connectivity index (χ2n) is 5.37. The molecule has 1 aromatic rings. The number of anilines is 1. The van der Waals surface area contributed by atoms with Gasteiger partial charge in [-0.3, -0.25) is 14.6 Å². The molecule has 8 nitrogen and oxygen atoms in total. The SMILES string of the molecule is CN=C(N)NCCCNC(=O)C1(C(N)=O)Cc2ccccc2N1. The Balaban J connectivity index is 1.93. The van der Waals surface area contributed by atoms with Crippen molar-refractivity contribution in [2.75, 3.05) is 25.5 Å². The van der Waals surface area contributed by atoms with Crippen LogP contribution in [0.1, 0.15) is 12.0 Å². The van der Waals surface area contributed by atoms with Crippen molar-refractivity contribution in [2.24, 2.45) is 16.5 Å². The lowest BCUT2D eigenvalue weighted by molar-refractivity contribution is -0.134. The summed E-state index contributed by atoms with van der Waals surface area (Å²) in [5.74, 6) is -0.761. The lowest BCUT2D eigenvalue weighted by Gasteiger charge is -2.25. The maximum atomic E-state index is 12.5. The van der Waals surface area contributed by atoms with E-state index < -0.39 is 17.4 Å². The molecule has 2 amide bonds. The Kier molecular flexibility index (Phi) is 5.05. The molecule has 0 aliphatic carbocycles. The van der Waals surface area contributed by atoms with Gasteiger partial charge in [-0.05, 0) is 18.1 Å². The summed E-state index contributed by atoms with van der Waals surface area (Å²) < 4.78 is 0. The molecule has 1 aromatic carbocycles. The number of hydrogen-bond acceptors (Lipinski definition) is 4. The maximum Gasteiger partial charge on any atom is 0.255 e. The second-order valence-corrected chi connectivity index (χ2v) is 5.37. The summed E-state index contributed by atoms with van der Waals surface area (Å²) in [5, 5.41) is 8.62. The molecule has 0 saturated carbocycles. The highest BCUT2D eigenvalue weighted by Gasteiger charge is 2.48. The van der Waals surface area contributed by atoms with Gasteiger partial charge in [0.25, 0.3) is 11.8 Å². The lowest BCUT2D eigenvalue weighted by Crippen LogP contribution is -2.60. The molecular formula is C15H22N6O2. The van der Waals surface area contributed by atoms with Gasteiger partial charge in [0.05, 0.1) is 0 Å². The average Bonchev–Trinajstić information content (AvgIpc) is 2.95. The van der Waals surface area contributed by atoms with E-state index in [1.165, 1.54) is 0 Å². The van der Waals surface area contributed by atoms with E-state index in [1.54, 1.807) is 7.05 Å². The molecule has 0 radical (unpaired) electrons. The summed E-state index contributed by atoms with van der Waals surface area (Å²) in [6, 6.07) is 7.40. The molecule has 7 N–H and O–H groups in total. The molecule has 8 heteroatoms. The number of para-hydroxylation sites is 1. The highest BCUT2D eigenvalue weighted by atomic mass is 16.2. The van der Waals surface area contributed by atoms with Gasteiger partial charge in [-0.25, -0.2) is 0 Å². The van der Waals surface area contributed by atoms with E-state index >= 15 is 0 Å². The van der Waals surface area contributed by atoms with E-state index in [2.05, 4.69) is 20.9 Å². The first kappa shape index (κ1) is 16.6. The fourth-order valence-corrected chi connectivity index (χ4v) is 2.49. The number of benzene rings is 1. The van der Waals surface area contributed by atoms with Gasteiger partial charge in [0.15, 0.2) is 11.5 Å².